The molecule has 110 valence electrons. The van der Waals surface area contributed by atoms with Crippen molar-refractivity contribution in [3.63, 3.8) is 0 Å². The van der Waals surface area contributed by atoms with Crippen LogP contribution in [0.15, 0.2) is 23.1 Å². The molecule has 0 bridgehead atoms. The zero-order chi connectivity index (χ0) is 14.9. The van der Waals surface area contributed by atoms with Crippen LogP contribution in [0, 0.1) is 5.92 Å². The van der Waals surface area contributed by atoms with Gasteiger partial charge >= 0.3 is 0 Å². The monoisotopic (exact) mass is 337 g/mol. The fraction of sp³-hybridized carbons (Fsp3) is 0.417. The summed E-state index contributed by atoms with van der Waals surface area (Å²) < 4.78 is 27.8. The van der Waals surface area contributed by atoms with Gasteiger partial charge in [0.1, 0.15) is 11.0 Å². The maximum atomic E-state index is 12.0. The number of hydrogen-bond donors (Lipinski definition) is 1. The minimum absolute atomic E-state index is 0.0433. The second-order valence-electron chi connectivity index (χ2n) is 4.63. The summed E-state index contributed by atoms with van der Waals surface area (Å²) in [7, 11) is 1.32. The quantitative estimate of drug-likeness (QED) is 0.860. The molecule has 1 heterocycles. The highest BCUT2D eigenvalue weighted by molar-refractivity contribution is 8.13. The summed E-state index contributed by atoms with van der Waals surface area (Å²) in [6, 6.07) is 4.02. The van der Waals surface area contributed by atoms with E-state index in [0.717, 1.165) is 6.42 Å². The molecule has 1 aliphatic rings. The molecule has 2 rings (SSSR count). The minimum Gasteiger partial charge on any atom is -0.368 e. The molecule has 2 unspecified atom stereocenters. The Balaban J connectivity index is 2.15. The highest BCUT2D eigenvalue weighted by atomic mass is 35.7. The lowest BCUT2D eigenvalue weighted by atomic mass is 10.0. The van der Waals surface area contributed by atoms with Gasteiger partial charge in [-0.05, 0) is 30.5 Å². The summed E-state index contributed by atoms with van der Waals surface area (Å²) in [5, 5.41) is 2.60. The number of benzene rings is 1. The Morgan fingerprint density at radius 3 is 2.65 bits per heavy atom. The maximum Gasteiger partial charge on any atom is 0.262 e. The standard InChI is InChI=1S/C12H13Cl2NO4S/c1-7-4-5-19-11(7)12(16)15-8-2-3-10(9(13)6-8)20(14,17)18/h2-3,6-7,11H,4-5H2,1H3,(H,15,16). The molecule has 1 aromatic carbocycles. The van der Waals surface area contributed by atoms with Gasteiger partial charge in [-0.3, -0.25) is 4.79 Å². The van der Waals surface area contributed by atoms with Crippen LogP contribution < -0.4 is 5.32 Å². The summed E-state index contributed by atoms with van der Waals surface area (Å²) in [4.78, 5) is 11.8. The molecule has 0 radical (unpaired) electrons. The molecule has 1 aromatic rings. The van der Waals surface area contributed by atoms with Crippen molar-refractivity contribution in [3.8, 4) is 0 Å². The number of carbonyl (C=O) groups excluding carboxylic acids is 1. The molecule has 0 aromatic heterocycles. The number of ether oxygens (including phenoxy) is 1. The van der Waals surface area contributed by atoms with Gasteiger partial charge in [0.05, 0.1) is 5.02 Å². The smallest absolute Gasteiger partial charge is 0.262 e. The lowest BCUT2D eigenvalue weighted by Gasteiger charge is -2.14. The largest absolute Gasteiger partial charge is 0.368 e. The molecule has 20 heavy (non-hydrogen) atoms. The van der Waals surface area contributed by atoms with Crippen LogP contribution in [0.2, 0.25) is 5.02 Å². The third kappa shape index (κ3) is 3.44. The van der Waals surface area contributed by atoms with Crippen molar-refractivity contribution in [3.05, 3.63) is 23.2 Å². The van der Waals surface area contributed by atoms with E-state index in [1.165, 1.54) is 18.2 Å². The molecule has 1 amide bonds. The van der Waals surface area contributed by atoms with Gasteiger partial charge in [0.25, 0.3) is 15.0 Å². The average molecular weight is 338 g/mol. The summed E-state index contributed by atoms with van der Waals surface area (Å²) in [5.41, 5.74) is 0.395. The summed E-state index contributed by atoms with van der Waals surface area (Å²) in [5.74, 6) is -0.125. The van der Waals surface area contributed by atoms with Crippen molar-refractivity contribution in [2.24, 2.45) is 5.92 Å². The predicted octanol–water partition coefficient (Wildman–Crippen LogP) is 2.63. The normalized spacial score (nSPS) is 22.8. The molecule has 1 fully saturated rings. The zero-order valence-electron chi connectivity index (χ0n) is 10.6. The van der Waals surface area contributed by atoms with Crippen LogP contribution >= 0.6 is 22.3 Å². The Kier molecular flexibility index (Phi) is 4.59. The first-order chi connectivity index (χ1) is 9.29. The topological polar surface area (TPSA) is 72.5 Å². The van der Waals surface area contributed by atoms with E-state index in [4.69, 9.17) is 27.0 Å². The molecule has 0 spiro atoms. The van der Waals surface area contributed by atoms with Crippen molar-refractivity contribution < 1.29 is 17.9 Å². The molecule has 2 atom stereocenters. The zero-order valence-corrected chi connectivity index (χ0v) is 12.9. The molecule has 1 aliphatic heterocycles. The lowest BCUT2D eigenvalue weighted by molar-refractivity contribution is -0.126. The molecule has 0 aliphatic carbocycles. The van der Waals surface area contributed by atoms with E-state index in [9.17, 15) is 13.2 Å². The van der Waals surface area contributed by atoms with Crippen LogP contribution in [-0.4, -0.2) is 27.0 Å². The van der Waals surface area contributed by atoms with Crippen molar-refractivity contribution in [2.75, 3.05) is 11.9 Å². The van der Waals surface area contributed by atoms with Crippen LogP contribution in [-0.2, 0) is 18.6 Å². The van der Waals surface area contributed by atoms with Crippen molar-refractivity contribution >= 4 is 42.9 Å². The van der Waals surface area contributed by atoms with Gasteiger partial charge in [0.15, 0.2) is 0 Å². The van der Waals surface area contributed by atoms with Crippen LogP contribution in [0.25, 0.3) is 0 Å². The fourth-order valence-electron chi connectivity index (χ4n) is 2.02. The number of anilines is 1. The molecule has 8 heteroatoms. The van der Waals surface area contributed by atoms with Gasteiger partial charge in [-0.15, -0.1) is 0 Å². The van der Waals surface area contributed by atoms with Crippen molar-refractivity contribution in [2.45, 2.75) is 24.3 Å². The summed E-state index contributed by atoms with van der Waals surface area (Å²) >= 11 is 5.84. The fourth-order valence-corrected chi connectivity index (χ4v) is 3.55. The van der Waals surface area contributed by atoms with E-state index in [0.29, 0.717) is 12.3 Å². The van der Waals surface area contributed by atoms with E-state index in [1.54, 1.807) is 0 Å². The molecular weight excluding hydrogens is 325 g/mol. The van der Waals surface area contributed by atoms with Gasteiger partial charge in [-0.2, -0.15) is 0 Å². The van der Waals surface area contributed by atoms with Gasteiger partial charge in [-0.1, -0.05) is 18.5 Å². The Morgan fingerprint density at radius 2 is 2.15 bits per heavy atom. The van der Waals surface area contributed by atoms with E-state index < -0.39 is 15.2 Å². The van der Waals surface area contributed by atoms with Crippen molar-refractivity contribution in [1.29, 1.82) is 0 Å². The Morgan fingerprint density at radius 1 is 1.45 bits per heavy atom. The van der Waals surface area contributed by atoms with E-state index in [1.807, 2.05) is 6.92 Å². The predicted molar refractivity (Wildman–Crippen MR) is 76.6 cm³/mol. The molecule has 0 saturated carbocycles. The molecule has 1 N–H and O–H groups in total. The second kappa shape index (κ2) is 5.89. The van der Waals surface area contributed by atoms with Crippen LogP contribution in [0.1, 0.15) is 13.3 Å². The lowest BCUT2D eigenvalue weighted by Crippen LogP contribution is -2.31. The SMILES string of the molecule is CC1CCOC1C(=O)Nc1ccc(S(=O)(=O)Cl)c(Cl)c1. The van der Waals surface area contributed by atoms with Gasteiger partial charge in [-0.25, -0.2) is 8.42 Å². The first-order valence-electron chi connectivity index (χ1n) is 5.95. The summed E-state index contributed by atoms with van der Waals surface area (Å²) in [6.07, 6.45) is 0.340. The van der Waals surface area contributed by atoms with Crippen LogP contribution in [0.4, 0.5) is 5.69 Å². The van der Waals surface area contributed by atoms with Gasteiger partial charge in [0.2, 0.25) is 0 Å². The van der Waals surface area contributed by atoms with Crippen LogP contribution in [0.3, 0.4) is 0 Å². The number of amides is 1. The third-order valence-corrected chi connectivity index (χ3v) is 4.91. The Bertz CT molecular complexity index is 632. The first kappa shape index (κ1) is 15.6. The number of nitrogens with one attached hydrogen (secondary N) is 1. The number of carbonyl (C=O) groups is 1. The van der Waals surface area contributed by atoms with E-state index >= 15 is 0 Å². The summed E-state index contributed by atoms with van der Waals surface area (Å²) in [6.45, 7) is 2.50. The maximum absolute atomic E-state index is 12.0. The third-order valence-electron chi connectivity index (χ3n) is 3.11. The molecular formula is C12H13Cl2NO4S. The number of rotatable bonds is 3. The molecule has 5 nitrogen and oxygen atoms in total. The first-order valence-corrected chi connectivity index (χ1v) is 8.64. The van der Waals surface area contributed by atoms with E-state index in [2.05, 4.69) is 5.32 Å². The van der Waals surface area contributed by atoms with Crippen molar-refractivity contribution in [1.82, 2.24) is 0 Å². The Labute approximate surface area is 126 Å². The highest BCUT2D eigenvalue weighted by Crippen LogP contribution is 2.28. The minimum atomic E-state index is -3.90. The highest BCUT2D eigenvalue weighted by Gasteiger charge is 2.31. The number of halogens is 2. The Hall–Kier alpha value is -0.820. The second-order valence-corrected chi connectivity index (χ2v) is 7.57. The van der Waals surface area contributed by atoms with Gasteiger partial charge < -0.3 is 10.1 Å². The average Bonchev–Trinajstić information content (AvgIpc) is 2.73. The number of hydrogen-bond acceptors (Lipinski definition) is 4. The van der Waals surface area contributed by atoms with Crippen LogP contribution in [0.5, 0.6) is 0 Å². The van der Waals surface area contributed by atoms with E-state index in [-0.39, 0.29) is 21.7 Å². The molecule has 1 saturated heterocycles. The van der Waals surface area contributed by atoms with Gasteiger partial charge in [0, 0.05) is 23.0 Å².